The SMILES string of the molecule is NC1=NCC(c2ccc(O)c(F)c2)N1C1CC1. The third kappa shape index (κ3) is 1.71. The first-order valence-corrected chi connectivity index (χ1v) is 5.73. The van der Waals surface area contributed by atoms with E-state index in [1.807, 2.05) is 0 Å². The lowest BCUT2D eigenvalue weighted by Crippen LogP contribution is -2.37. The molecule has 0 aromatic heterocycles. The van der Waals surface area contributed by atoms with E-state index < -0.39 is 5.82 Å². The summed E-state index contributed by atoms with van der Waals surface area (Å²) in [7, 11) is 0. The Bertz CT molecular complexity index is 485. The molecule has 5 heteroatoms. The molecule has 90 valence electrons. The second-order valence-corrected chi connectivity index (χ2v) is 4.56. The largest absolute Gasteiger partial charge is 0.505 e. The lowest BCUT2D eigenvalue weighted by molar-refractivity contribution is 0.336. The van der Waals surface area contributed by atoms with Crippen LogP contribution in [0, 0.1) is 5.82 Å². The van der Waals surface area contributed by atoms with Gasteiger partial charge in [0.25, 0.3) is 0 Å². The van der Waals surface area contributed by atoms with Gasteiger partial charge in [-0.3, -0.25) is 4.99 Å². The number of halogens is 1. The van der Waals surface area contributed by atoms with Crippen molar-refractivity contribution in [3.05, 3.63) is 29.6 Å². The second kappa shape index (κ2) is 3.61. The number of aromatic hydroxyl groups is 1. The number of nitrogens with zero attached hydrogens (tertiary/aromatic N) is 2. The normalized spacial score (nSPS) is 23.9. The summed E-state index contributed by atoms with van der Waals surface area (Å²) in [4.78, 5) is 6.29. The highest BCUT2D eigenvalue weighted by atomic mass is 19.1. The average molecular weight is 235 g/mol. The van der Waals surface area contributed by atoms with E-state index in [2.05, 4.69) is 9.89 Å². The molecule has 1 aromatic carbocycles. The van der Waals surface area contributed by atoms with Crippen LogP contribution in [0.5, 0.6) is 5.75 Å². The van der Waals surface area contributed by atoms with Crippen LogP contribution in [-0.2, 0) is 0 Å². The lowest BCUT2D eigenvalue weighted by Gasteiger charge is -2.26. The van der Waals surface area contributed by atoms with Crippen LogP contribution in [-0.4, -0.2) is 28.6 Å². The number of benzene rings is 1. The van der Waals surface area contributed by atoms with Crippen molar-refractivity contribution in [2.24, 2.45) is 10.7 Å². The van der Waals surface area contributed by atoms with Gasteiger partial charge in [-0.25, -0.2) is 4.39 Å². The van der Waals surface area contributed by atoms with Gasteiger partial charge in [-0.1, -0.05) is 6.07 Å². The molecule has 3 N–H and O–H groups in total. The Morgan fingerprint density at radius 3 is 2.82 bits per heavy atom. The molecule has 0 bridgehead atoms. The number of guanidine groups is 1. The Balaban J connectivity index is 1.91. The predicted molar refractivity (Wildman–Crippen MR) is 62.2 cm³/mol. The molecule has 0 amide bonds. The Hall–Kier alpha value is -1.78. The third-order valence-corrected chi connectivity index (χ3v) is 3.32. The fraction of sp³-hybridized carbons (Fsp3) is 0.417. The Kier molecular flexibility index (Phi) is 2.21. The molecule has 1 fully saturated rings. The van der Waals surface area contributed by atoms with Crippen molar-refractivity contribution in [2.45, 2.75) is 24.9 Å². The van der Waals surface area contributed by atoms with Gasteiger partial charge in [0.15, 0.2) is 17.5 Å². The molecule has 4 nitrogen and oxygen atoms in total. The summed E-state index contributed by atoms with van der Waals surface area (Å²) >= 11 is 0. The number of hydrogen-bond donors (Lipinski definition) is 2. The maximum atomic E-state index is 13.3. The van der Waals surface area contributed by atoms with Crippen molar-refractivity contribution in [3.8, 4) is 5.75 Å². The van der Waals surface area contributed by atoms with Crippen LogP contribution >= 0.6 is 0 Å². The first-order chi connectivity index (χ1) is 8.16. The fourth-order valence-electron chi connectivity index (χ4n) is 2.30. The van der Waals surface area contributed by atoms with Crippen molar-refractivity contribution >= 4 is 5.96 Å². The van der Waals surface area contributed by atoms with Crippen LogP contribution in [0.3, 0.4) is 0 Å². The molecule has 17 heavy (non-hydrogen) atoms. The van der Waals surface area contributed by atoms with Gasteiger partial charge in [0, 0.05) is 6.04 Å². The number of nitrogens with two attached hydrogens (primary N) is 1. The van der Waals surface area contributed by atoms with Crippen molar-refractivity contribution < 1.29 is 9.50 Å². The quantitative estimate of drug-likeness (QED) is 0.813. The fourth-order valence-corrected chi connectivity index (χ4v) is 2.30. The van der Waals surface area contributed by atoms with Gasteiger partial charge in [-0.15, -0.1) is 0 Å². The molecule has 1 aromatic rings. The second-order valence-electron chi connectivity index (χ2n) is 4.56. The smallest absolute Gasteiger partial charge is 0.192 e. The maximum absolute atomic E-state index is 13.3. The summed E-state index contributed by atoms with van der Waals surface area (Å²) in [5.74, 6) is -0.367. The van der Waals surface area contributed by atoms with Gasteiger partial charge in [0.1, 0.15) is 0 Å². The number of aliphatic imine (C=N–C) groups is 1. The average Bonchev–Trinajstić information content (AvgIpc) is 3.06. The summed E-state index contributed by atoms with van der Waals surface area (Å²) in [6.45, 7) is 0.562. The first-order valence-electron chi connectivity index (χ1n) is 5.73. The highest BCUT2D eigenvalue weighted by Crippen LogP contribution is 2.37. The summed E-state index contributed by atoms with van der Waals surface area (Å²) in [5, 5.41) is 9.18. The third-order valence-electron chi connectivity index (χ3n) is 3.32. The molecule has 1 unspecified atom stereocenters. The van der Waals surface area contributed by atoms with Crippen LogP contribution in [0.2, 0.25) is 0 Å². The summed E-state index contributed by atoms with van der Waals surface area (Å²) in [6, 6.07) is 4.93. The predicted octanol–water partition coefficient (Wildman–Crippen LogP) is 1.37. The molecule has 1 heterocycles. The molecule has 1 saturated carbocycles. The highest BCUT2D eigenvalue weighted by molar-refractivity contribution is 5.81. The van der Waals surface area contributed by atoms with E-state index in [0.29, 0.717) is 18.5 Å². The zero-order chi connectivity index (χ0) is 12.0. The maximum Gasteiger partial charge on any atom is 0.192 e. The minimum Gasteiger partial charge on any atom is -0.505 e. The topological polar surface area (TPSA) is 61.9 Å². The van der Waals surface area contributed by atoms with E-state index >= 15 is 0 Å². The van der Waals surface area contributed by atoms with Gasteiger partial charge in [0.2, 0.25) is 0 Å². The number of phenols is 1. The van der Waals surface area contributed by atoms with E-state index in [1.54, 1.807) is 6.07 Å². The van der Waals surface area contributed by atoms with E-state index in [-0.39, 0.29) is 11.8 Å². The molecular formula is C12H14FN3O. The Labute approximate surface area is 98.6 Å². The summed E-state index contributed by atoms with van der Waals surface area (Å²) in [5.41, 5.74) is 6.66. The number of phenolic OH excluding ortho intramolecular Hbond substituents is 1. The molecule has 2 aliphatic rings. The molecule has 1 aliphatic carbocycles. The molecule has 1 aliphatic heterocycles. The molecule has 1 atom stereocenters. The number of rotatable bonds is 2. The van der Waals surface area contributed by atoms with Gasteiger partial charge in [-0.2, -0.15) is 0 Å². The molecule has 0 saturated heterocycles. The summed E-state index contributed by atoms with van der Waals surface area (Å²) < 4.78 is 13.3. The Morgan fingerprint density at radius 2 is 2.18 bits per heavy atom. The minimum atomic E-state index is -0.594. The van der Waals surface area contributed by atoms with Crippen LogP contribution < -0.4 is 5.73 Å². The minimum absolute atomic E-state index is 0.0117. The van der Waals surface area contributed by atoms with Crippen LogP contribution in [0.15, 0.2) is 23.2 Å². The van der Waals surface area contributed by atoms with Gasteiger partial charge in [-0.05, 0) is 30.5 Å². The van der Waals surface area contributed by atoms with E-state index in [0.717, 1.165) is 18.4 Å². The van der Waals surface area contributed by atoms with Crippen molar-refractivity contribution in [1.29, 1.82) is 0 Å². The molecule has 0 radical (unpaired) electrons. The van der Waals surface area contributed by atoms with Crippen molar-refractivity contribution in [2.75, 3.05) is 6.54 Å². The van der Waals surface area contributed by atoms with Crippen LogP contribution in [0.25, 0.3) is 0 Å². The monoisotopic (exact) mass is 235 g/mol. The lowest BCUT2D eigenvalue weighted by atomic mass is 10.1. The number of hydrogen-bond acceptors (Lipinski definition) is 4. The van der Waals surface area contributed by atoms with Crippen molar-refractivity contribution in [1.82, 2.24) is 4.90 Å². The van der Waals surface area contributed by atoms with Crippen LogP contribution in [0.1, 0.15) is 24.4 Å². The van der Waals surface area contributed by atoms with E-state index in [1.165, 1.54) is 12.1 Å². The highest BCUT2D eigenvalue weighted by Gasteiger charge is 2.39. The van der Waals surface area contributed by atoms with E-state index in [9.17, 15) is 9.50 Å². The molecule has 3 rings (SSSR count). The van der Waals surface area contributed by atoms with Gasteiger partial charge < -0.3 is 15.7 Å². The standard InChI is InChI=1S/C12H14FN3O/c13-9-5-7(1-4-11(9)17)10-6-15-12(14)16(10)8-2-3-8/h1,4-5,8,10,17H,2-3,6H2,(H2,14,15). The first kappa shape index (κ1) is 10.4. The molecular weight excluding hydrogens is 221 g/mol. The van der Waals surface area contributed by atoms with E-state index in [4.69, 9.17) is 5.73 Å². The molecule has 0 spiro atoms. The zero-order valence-corrected chi connectivity index (χ0v) is 9.31. The van der Waals surface area contributed by atoms with Gasteiger partial charge >= 0.3 is 0 Å². The van der Waals surface area contributed by atoms with Gasteiger partial charge in [0.05, 0.1) is 12.6 Å². The van der Waals surface area contributed by atoms with Crippen LogP contribution in [0.4, 0.5) is 4.39 Å². The Morgan fingerprint density at radius 1 is 1.41 bits per heavy atom. The van der Waals surface area contributed by atoms with Crippen molar-refractivity contribution in [3.63, 3.8) is 0 Å². The zero-order valence-electron chi connectivity index (χ0n) is 9.31. The summed E-state index contributed by atoms with van der Waals surface area (Å²) in [6.07, 6.45) is 2.24.